The zero-order valence-corrected chi connectivity index (χ0v) is 19.7. The summed E-state index contributed by atoms with van der Waals surface area (Å²) in [5.74, 6) is 0.895. The molecule has 5 heteroatoms. The van der Waals surface area contributed by atoms with Gasteiger partial charge in [0.1, 0.15) is 5.75 Å². The number of fused-ring (bicyclic) bond motifs is 8. The minimum Gasteiger partial charge on any atom is -0.508 e. The van der Waals surface area contributed by atoms with Crippen LogP contribution in [0.1, 0.15) is 54.4 Å². The number of H-pyrrole nitrogens is 2. The lowest BCUT2D eigenvalue weighted by atomic mass is 9.78. The second kappa shape index (κ2) is 7.76. The first-order valence-corrected chi connectivity index (χ1v) is 12.7. The van der Waals surface area contributed by atoms with E-state index in [1.165, 1.54) is 38.8 Å². The molecule has 4 N–H and O–H groups in total. The fourth-order valence-corrected chi connectivity index (χ4v) is 6.97. The van der Waals surface area contributed by atoms with Crippen molar-refractivity contribution in [3.8, 4) is 5.75 Å². The lowest BCUT2D eigenvalue weighted by Crippen LogP contribution is -2.43. The summed E-state index contributed by atoms with van der Waals surface area (Å²) in [4.78, 5) is 10.2. The number of aromatic hydroxyl groups is 1. The van der Waals surface area contributed by atoms with Crippen LogP contribution in [0.2, 0.25) is 0 Å². The fourth-order valence-electron chi connectivity index (χ4n) is 6.97. The van der Waals surface area contributed by atoms with Crippen molar-refractivity contribution < 1.29 is 5.11 Å². The molecular formula is C29H32N4O. The molecule has 3 unspecified atom stereocenters. The van der Waals surface area contributed by atoms with Gasteiger partial charge in [-0.1, -0.05) is 29.8 Å². The lowest BCUT2D eigenvalue weighted by Gasteiger charge is -2.44. The maximum absolute atomic E-state index is 10.0. The van der Waals surface area contributed by atoms with Crippen molar-refractivity contribution in [2.45, 2.75) is 44.7 Å². The number of phenols is 1. The van der Waals surface area contributed by atoms with Gasteiger partial charge in [0.15, 0.2) is 0 Å². The number of allylic oxidation sites excluding steroid dienone is 1. The maximum atomic E-state index is 10.0. The van der Waals surface area contributed by atoms with Gasteiger partial charge in [0.25, 0.3) is 0 Å². The van der Waals surface area contributed by atoms with Gasteiger partial charge in [-0.05, 0) is 80.5 Å². The van der Waals surface area contributed by atoms with Crippen LogP contribution < -0.4 is 5.32 Å². The second-order valence-corrected chi connectivity index (χ2v) is 10.3. The number of para-hydroxylation sites is 1. The highest BCUT2D eigenvalue weighted by atomic mass is 16.3. The molecule has 2 aromatic carbocycles. The van der Waals surface area contributed by atoms with Crippen LogP contribution in [-0.4, -0.2) is 39.6 Å². The van der Waals surface area contributed by atoms with Crippen LogP contribution in [0.5, 0.6) is 5.75 Å². The number of nitrogens with one attached hydrogen (secondary N) is 3. The van der Waals surface area contributed by atoms with E-state index in [-0.39, 0.29) is 0 Å². The molecule has 2 aromatic heterocycles. The average Bonchev–Trinajstić information content (AvgIpc) is 3.43. The number of phenolic OH excluding ortho intramolecular Hbond substituents is 1. The minimum atomic E-state index is 0.315. The Bertz CT molecular complexity index is 1430. The predicted molar refractivity (Wildman–Crippen MR) is 137 cm³/mol. The van der Waals surface area contributed by atoms with E-state index in [0.717, 1.165) is 50.8 Å². The molecule has 0 aliphatic carbocycles. The molecule has 5 nitrogen and oxygen atoms in total. The van der Waals surface area contributed by atoms with E-state index in [0.29, 0.717) is 23.8 Å². The van der Waals surface area contributed by atoms with Crippen molar-refractivity contribution in [2.75, 3.05) is 19.6 Å². The monoisotopic (exact) mass is 452 g/mol. The summed E-state index contributed by atoms with van der Waals surface area (Å²) in [5.41, 5.74) is 9.68. The highest BCUT2D eigenvalue weighted by Crippen LogP contribution is 2.45. The van der Waals surface area contributed by atoms with Crippen LogP contribution in [0.3, 0.4) is 0 Å². The van der Waals surface area contributed by atoms with E-state index in [1.54, 1.807) is 11.6 Å². The molecule has 1 fully saturated rings. The highest BCUT2D eigenvalue weighted by molar-refractivity contribution is 5.86. The Kier molecular flexibility index (Phi) is 4.64. The number of benzene rings is 2. The fraction of sp³-hybridized carbons (Fsp3) is 0.379. The molecule has 1 saturated heterocycles. The highest BCUT2D eigenvalue weighted by Gasteiger charge is 2.39. The van der Waals surface area contributed by atoms with E-state index in [4.69, 9.17) is 0 Å². The van der Waals surface area contributed by atoms with Gasteiger partial charge in [-0.2, -0.15) is 0 Å². The average molecular weight is 453 g/mol. The Morgan fingerprint density at radius 1 is 1.00 bits per heavy atom. The molecule has 7 rings (SSSR count). The number of piperidine rings is 1. The summed E-state index contributed by atoms with van der Waals surface area (Å²) in [6, 6.07) is 15.3. The van der Waals surface area contributed by atoms with E-state index in [2.05, 4.69) is 57.4 Å². The summed E-state index contributed by atoms with van der Waals surface area (Å²) >= 11 is 0. The molecule has 0 spiro atoms. The quantitative estimate of drug-likeness (QED) is 0.304. The molecule has 4 aromatic rings. The third-order valence-electron chi connectivity index (χ3n) is 8.62. The molecule has 5 heterocycles. The molecular weight excluding hydrogens is 420 g/mol. The van der Waals surface area contributed by atoms with Crippen molar-refractivity contribution >= 4 is 21.8 Å². The molecule has 3 atom stereocenters. The van der Waals surface area contributed by atoms with Crippen LogP contribution in [0.4, 0.5) is 0 Å². The van der Waals surface area contributed by atoms with Gasteiger partial charge >= 0.3 is 0 Å². The first-order chi connectivity index (χ1) is 16.7. The molecule has 174 valence electrons. The van der Waals surface area contributed by atoms with Gasteiger partial charge in [0.2, 0.25) is 0 Å². The van der Waals surface area contributed by atoms with E-state index in [1.807, 2.05) is 12.1 Å². The van der Waals surface area contributed by atoms with Gasteiger partial charge in [-0.3, -0.25) is 4.90 Å². The summed E-state index contributed by atoms with van der Waals surface area (Å²) in [5, 5.41) is 16.4. The van der Waals surface area contributed by atoms with Crippen LogP contribution in [0.25, 0.3) is 21.8 Å². The Hall–Kier alpha value is -3.02. The van der Waals surface area contributed by atoms with Crippen LogP contribution in [-0.2, 0) is 12.8 Å². The maximum Gasteiger partial charge on any atom is 0.116 e. The molecule has 0 amide bonds. The molecule has 3 aliphatic heterocycles. The van der Waals surface area contributed by atoms with Crippen LogP contribution in [0.15, 0.2) is 54.1 Å². The number of hydrogen-bond acceptors (Lipinski definition) is 3. The Morgan fingerprint density at radius 2 is 1.82 bits per heavy atom. The standard InChI is InChI=1S/C29H32N4O/c1-2-17-16-33-12-10-22-20-5-3-4-6-24(20)32-29(22)27(33)14-18(17)13-26-28-21(9-11-30-26)23-15-19(34)7-8-25(23)31-28/h2-8,15,18,26-27,30-32,34H,9-14,16H2,1H3. The molecule has 0 radical (unpaired) electrons. The normalized spacial score (nSPS) is 26.0. The van der Waals surface area contributed by atoms with Crippen molar-refractivity contribution in [1.82, 2.24) is 20.2 Å². The van der Waals surface area contributed by atoms with Crippen molar-refractivity contribution in [1.29, 1.82) is 0 Å². The Morgan fingerprint density at radius 3 is 2.74 bits per heavy atom. The second-order valence-electron chi connectivity index (χ2n) is 10.3. The first kappa shape index (κ1) is 20.4. The molecule has 0 saturated carbocycles. The lowest BCUT2D eigenvalue weighted by molar-refractivity contribution is 0.131. The topological polar surface area (TPSA) is 67.1 Å². The smallest absolute Gasteiger partial charge is 0.116 e. The zero-order chi connectivity index (χ0) is 22.8. The van der Waals surface area contributed by atoms with Crippen molar-refractivity contribution in [3.05, 3.63) is 76.6 Å². The minimum absolute atomic E-state index is 0.315. The third kappa shape index (κ3) is 3.07. The van der Waals surface area contributed by atoms with Crippen molar-refractivity contribution in [2.24, 2.45) is 5.92 Å². The molecule has 0 bridgehead atoms. The number of aromatic nitrogens is 2. The molecule has 3 aliphatic rings. The van der Waals surface area contributed by atoms with E-state index < -0.39 is 0 Å². The number of hydrogen-bond donors (Lipinski definition) is 4. The van der Waals surface area contributed by atoms with Gasteiger partial charge in [0, 0.05) is 52.3 Å². The third-order valence-corrected chi connectivity index (χ3v) is 8.62. The van der Waals surface area contributed by atoms with E-state index in [9.17, 15) is 5.11 Å². The number of nitrogens with zero attached hydrogens (tertiary/aromatic N) is 1. The number of aromatic amines is 2. The summed E-state index contributed by atoms with van der Waals surface area (Å²) < 4.78 is 0. The van der Waals surface area contributed by atoms with Gasteiger partial charge in [-0.15, -0.1) is 0 Å². The number of rotatable bonds is 2. The predicted octanol–water partition coefficient (Wildman–Crippen LogP) is 5.50. The van der Waals surface area contributed by atoms with Crippen LogP contribution in [0, 0.1) is 5.92 Å². The van der Waals surface area contributed by atoms with E-state index >= 15 is 0 Å². The Labute approximate surface area is 199 Å². The van der Waals surface area contributed by atoms with Gasteiger partial charge < -0.3 is 20.4 Å². The largest absolute Gasteiger partial charge is 0.508 e. The SMILES string of the molecule is CC=C1CN2CCc3c([nH]c4ccccc34)C2CC1CC1NCCc2c1[nH]c1ccc(O)cc21. The molecule has 34 heavy (non-hydrogen) atoms. The first-order valence-electron chi connectivity index (χ1n) is 12.7. The summed E-state index contributed by atoms with van der Waals surface area (Å²) in [6.45, 7) is 5.41. The summed E-state index contributed by atoms with van der Waals surface area (Å²) in [6.07, 6.45) is 6.77. The zero-order valence-electron chi connectivity index (χ0n) is 19.7. The summed E-state index contributed by atoms with van der Waals surface area (Å²) in [7, 11) is 0. The van der Waals surface area contributed by atoms with Gasteiger partial charge in [0.05, 0.1) is 6.04 Å². The van der Waals surface area contributed by atoms with Crippen LogP contribution >= 0.6 is 0 Å². The van der Waals surface area contributed by atoms with Crippen molar-refractivity contribution in [3.63, 3.8) is 0 Å². The van der Waals surface area contributed by atoms with Gasteiger partial charge in [-0.25, -0.2) is 0 Å². The Balaban J connectivity index is 1.22.